The van der Waals surface area contributed by atoms with Crippen LogP contribution >= 0.6 is 11.6 Å². The Balaban J connectivity index is 2.05. The Labute approximate surface area is 146 Å². The lowest BCUT2D eigenvalue weighted by Crippen LogP contribution is -2.60. The molecule has 1 aromatic carbocycles. The molecule has 0 aliphatic carbocycles. The Kier molecular flexibility index (Phi) is 4.82. The second-order valence-corrected chi connectivity index (χ2v) is 10.4. The number of methoxy groups -OCH3 is 1. The summed E-state index contributed by atoms with van der Waals surface area (Å²) < 4.78 is 62.4. The summed E-state index contributed by atoms with van der Waals surface area (Å²) >= 11 is 5.95. The molecule has 2 aliphatic rings. The molecule has 2 saturated heterocycles. The van der Waals surface area contributed by atoms with Crippen LogP contribution in [0.4, 0.5) is 0 Å². The van der Waals surface area contributed by atoms with Gasteiger partial charge in [0.25, 0.3) is 0 Å². The van der Waals surface area contributed by atoms with E-state index >= 15 is 0 Å². The number of nitrogens with zero attached hydrogens (tertiary/aromatic N) is 1. The van der Waals surface area contributed by atoms with Gasteiger partial charge in [0.15, 0.2) is 9.84 Å². The van der Waals surface area contributed by atoms with Crippen molar-refractivity contribution in [2.24, 2.45) is 0 Å². The fourth-order valence-corrected chi connectivity index (χ4v) is 7.31. The third kappa shape index (κ3) is 3.03. The zero-order chi connectivity index (χ0) is 17.5. The lowest BCUT2D eigenvalue weighted by molar-refractivity contribution is 0.0590. The number of hydrogen-bond donors (Lipinski definition) is 0. The van der Waals surface area contributed by atoms with Crippen molar-refractivity contribution >= 4 is 31.5 Å². The van der Waals surface area contributed by atoms with Crippen LogP contribution in [0.3, 0.4) is 0 Å². The topological polar surface area (TPSA) is 90.0 Å². The Morgan fingerprint density at radius 1 is 1.38 bits per heavy atom. The number of halogens is 1. The van der Waals surface area contributed by atoms with Gasteiger partial charge in [-0.05, 0) is 24.6 Å². The van der Waals surface area contributed by atoms with E-state index < -0.39 is 31.2 Å². The Hall–Kier alpha value is -0.870. The third-order valence-electron chi connectivity index (χ3n) is 4.41. The zero-order valence-electron chi connectivity index (χ0n) is 13.0. The predicted octanol–water partition coefficient (Wildman–Crippen LogP) is 0.925. The van der Waals surface area contributed by atoms with Crippen LogP contribution in [-0.4, -0.2) is 65.1 Å². The molecule has 0 bridgehead atoms. The van der Waals surface area contributed by atoms with Gasteiger partial charge in [-0.3, -0.25) is 0 Å². The fraction of sp³-hybridized carbons (Fsp3) is 0.571. The van der Waals surface area contributed by atoms with Crippen LogP contribution in [0.5, 0.6) is 5.75 Å². The van der Waals surface area contributed by atoms with Crippen LogP contribution in [0.25, 0.3) is 0 Å². The molecule has 0 radical (unpaired) electrons. The van der Waals surface area contributed by atoms with Crippen LogP contribution in [-0.2, 0) is 24.6 Å². The standard InChI is InChI=1S/C14H18ClNO6S2/c1-21-12-3-2-10(15)8-13(12)24(19,20)16-5-7-23(17,18)14-9-22-6-4-11(14)16/h2-3,8,11,14H,4-7,9H2,1H3/t11-,14-/m1/s1. The van der Waals surface area contributed by atoms with Crippen molar-refractivity contribution < 1.29 is 26.3 Å². The number of benzene rings is 1. The summed E-state index contributed by atoms with van der Waals surface area (Å²) in [4.78, 5) is -0.0537. The van der Waals surface area contributed by atoms with Gasteiger partial charge in [0, 0.05) is 24.2 Å². The van der Waals surface area contributed by atoms with Gasteiger partial charge in [0.2, 0.25) is 10.0 Å². The average molecular weight is 396 g/mol. The molecule has 0 unspecified atom stereocenters. The molecule has 2 heterocycles. The fourth-order valence-electron chi connectivity index (χ4n) is 3.18. The van der Waals surface area contributed by atoms with E-state index in [9.17, 15) is 16.8 Å². The smallest absolute Gasteiger partial charge is 0.247 e. The molecular formula is C14H18ClNO6S2. The monoisotopic (exact) mass is 395 g/mol. The number of ether oxygens (including phenoxy) is 2. The Morgan fingerprint density at radius 2 is 2.12 bits per heavy atom. The summed E-state index contributed by atoms with van der Waals surface area (Å²) in [5, 5.41) is -0.567. The van der Waals surface area contributed by atoms with Crippen molar-refractivity contribution in [3.8, 4) is 5.75 Å². The second-order valence-electron chi connectivity index (χ2n) is 5.75. The van der Waals surface area contributed by atoms with Crippen molar-refractivity contribution in [2.45, 2.75) is 22.6 Å². The molecular weight excluding hydrogens is 378 g/mol. The van der Waals surface area contributed by atoms with Crippen molar-refractivity contribution in [3.63, 3.8) is 0 Å². The van der Waals surface area contributed by atoms with Gasteiger partial charge in [0.05, 0.1) is 19.5 Å². The molecule has 0 saturated carbocycles. The minimum atomic E-state index is -3.94. The zero-order valence-corrected chi connectivity index (χ0v) is 15.4. The summed E-state index contributed by atoms with van der Waals surface area (Å²) in [7, 11) is -5.94. The number of rotatable bonds is 3. The van der Waals surface area contributed by atoms with E-state index in [-0.39, 0.29) is 34.6 Å². The van der Waals surface area contributed by atoms with Gasteiger partial charge < -0.3 is 9.47 Å². The van der Waals surface area contributed by atoms with Gasteiger partial charge in [-0.15, -0.1) is 0 Å². The maximum atomic E-state index is 13.1. The molecule has 10 heteroatoms. The summed E-state index contributed by atoms with van der Waals surface area (Å²) in [6.45, 7) is 0.266. The van der Waals surface area contributed by atoms with Crippen LogP contribution in [0.15, 0.2) is 23.1 Å². The quantitative estimate of drug-likeness (QED) is 0.756. The molecule has 0 aromatic heterocycles. The van der Waals surface area contributed by atoms with Crippen molar-refractivity contribution in [3.05, 3.63) is 23.2 Å². The van der Waals surface area contributed by atoms with Gasteiger partial charge in [-0.2, -0.15) is 4.31 Å². The lowest BCUT2D eigenvalue weighted by Gasteiger charge is -2.42. The van der Waals surface area contributed by atoms with Crippen LogP contribution in [0.1, 0.15) is 6.42 Å². The van der Waals surface area contributed by atoms with Crippen molar-refractivity contribution in [1.82, 2.24) is 4.31 Å². The molecule has 3 rings (SSSR count). The molecule has 24 heavy (non-hydrogen) atoms. The van der Waals surface area contributed by atoms with Gasteiger partial charge in [-0.1, -0.05) is 11.6 Å². The van der Waals surface area contributed by atoms with E-state index in [1.54, 1.807) is 0 Å². The predicted molar refractivity (Wildman–Crippen MR) is 88.7 cm³/mol. The van der Waals surface area contributed by atoms with Gasteiger partial charge >= 0.3 is 0 Å². The summed E-state index contributed by atoms with van der Waals surface area (Å²) in [5.41, 5.74) is 0. The first-order valence-corrected chi connectivity index (χ1v) is 11.0. The lowest BCUT2D eigenvalue weighted by atomic mass is 10.1. The van der Waals surface area contributed by atoms with Gasteiger partial charge in [-0.25, -0.2) is 16.8 Å². The number of sulfone groups is 1. The number of hydrogen-bond acceptors (Lipinski definition) is 6. The highest BCUT2D eigenvalue weighted by molar-refractivity contribution is 7.92. The van der Waals surface area contributed by atoms with E-state index in [1.165, 1.54) is 29.6 Å². The minimum absolute atomic E-state index is 0.0195. The van der Waals surface area contributed by atoms with E-state index in [2.05, 4.69) is 0 Å². The molecule has 0 amide bonds. The largest absolute Gasteiger partial charge is 0.495 e. The molecule has 2 atom stereocenters. The highest BCUT2D eigenvalue weighted by Crippen LogP contribution is 2.35. The molecule has 2 aliphatic heterocycles. The van der Waals surface area contributed by atoms with E-state index in [1.807, 2.05) is 0 Å². The maximum absolute atomic E-state index is 13.1. The first-order chi connectivity index (χ1) is 11.3. The van der Waals surface area contributed by atoms with Gasteiger partial charge in [0.1, 0.15) is 15.9 Å². The summed E-state index contributed by atoms with van der Waals surface area (Å²) in [6.07, 6.45) is 0.339. The molecule has 134 valence electrons. The molecule has 7 nitrogen and oxygen atoms in total. The van der Waals surface area contributed by atoms with Crippen molar-refractivity contribution in [2.75, 3.05) is 32.6 Å². The van der Waals surface area contributed by atoms with Crippen LogP contribution < -0.4 is 4.74 Å². The number of fused-ring (bicyclic) bond motifs is 1. The first-order valence-electron chi connectivity index (χ1n) is 7.42. The van der Waals surface area contributed by atoms with E-state index in [0.29, 0.717) is 13.0 Å². The number of sulfonamides is 1. The molecule has 0 spiro atoms. The minimum Gasteiger partial charge on any atom is -0.495 e. The molecule has 0 N–H and O–H groups in total. The van der Waals surface area contributed by atoms with E-state index in [4.69, 9.17) is 21.1 Å². The SMILES string of the molecule is COc1ccc(Cl)cc1S(=O)(=O)N1CCS(=O)(=O)[C@@H]2COCC[C@H]21. The molecule has 1 aromatic rings. The van der Waals surface area contributed by atoms with Crippen molar-refractivity contribution in [1.29, 1.82) is 0 Å². The van der Waals surface area contributed by atoms with E-state index in [0.717, 1.165) is 0 Å². The average Bonchev–Trinajstić information content (AvgIpc) is 2.54. The molecule has 2 fully saturated rings. The first kappa shape index (κ1) is 17.9. The normalized spacial score (nSPS) is 27.4. The summed E-state index contributed by atoms with van der Waals surface area (Å²) in [6, 6.07) is 3.72. The Morgan fingerprint density at radius 3 is 2.83 bits per heavy atom. The summed E-state index contributed by atoms with van der Waals surface area (Å²) in [5.74, 6) is -0.0453. The third-order valence-corrected chi connectivity index (χ3v) is 8.71. The Bertz CT molecular complexity index is 839. The maximum Gasteiger partial charge on any atom is 0.247 e. The highest BCUT2D eigenvalue weighted by Gasteiger charge is 2.48. The second kappa shape index (κ2) is 6.45. The van der Waals surface area contributed by atoms with Crippen LogP contribution in [0, 0.1) is 0 Å². The highest BCUT2D eigenvalue weighted by atomic mass is 35.5. The van der Waals surface area contributed by atoms with Crippen LogP contribution in [0.2, 0.25) is 5.02 Å².